The van der Waals surface area contributed by atoms with Gasteiger partial charge in [-0.3, -0.25) is 0 Å². The van der Waals surface area contributed by atoms with Gasteiger partial charge in [0.25, 0.3) is 0 Å². The number of hydrogen-bond donors (Lipinski definition) is 0. The highest BCUT2D eigenvalue weighted by molar-refractivity contribution is 7.11. The lowest BCUT2D eigenvalue weighted by Crippen LogP contribution is -2.11. The maximum atomic E-state index is 11.5. The van der Waals surface area contributed by atoms with Crippen molar-refractivity contribution in [3.8, 4) is 6.07 Å². The van der Waals surface area contributed by atoms with Crippen LogP contribution < -0.4 is 0 Å². The van der Waals surface area contributed by atoms with Gasteiger partial charge in [0.05, 0.1) is 6.61 Å². The first-order valence-electron chi connectivity index (χ1n) is 5.01. The summed E-state index contributed by atoms with van der Waals surface area (Å²) in [5.41, 5.74) is 1.04. The van der Waals surface area contributed by atoms with Gasteiger partial charge in [-0.05, 0) is 30.0 Å². The molecule has 5 heteroatoms. The van der Waals surface area contributed by atoms with E-state index < -0.39 is 5.97 Å². The topological polar surface area (TPSA) is 59.3 Å². The van der Waals surface area contributed by atoms with Crippen LogP contribution in [0.25, 0.3) is 6.08 Å². The summed E-state index contributed by atoms with van der Waals surface area (Å²) in [7, 11) is 1.52. The summed E-state index contributed by atoms with van der Waals surface area (Å²) in [5.74, 6) is -0.614. The standard InChI is InChI=1S/C12H13NO3S/c1-9-3-6-17-11(9)7-10(8-13)12(14)16-5-4-15-2/h3,6-7H,4-5H2,1-2H3/b10-7+. The number of methoxy groups -OCH3 is 1. The van der Waals surface area contributed by atoms with Gasteiger partial charge in [-0.1, -0.05) is 0 Å². The van der Waals surface area contributed by atoms with E-state index in [-0.39, 0.29) is 12.2 Å². The summed E-state index contributed by atoms with van der Waals surface area (Å²) < 4.78 is 9.63. The summed E-state index contributed by atoms with van der Waals surface area (Å²) in [6, 6.07) is 3.78. The highest BCUT2D eigenvalue weighted by atomic mass is 32.1. The molecule has 1 aromatic rings. The SMILES string of the molecule is COCCOC(=O)/C(C#N)=C/c1sccc1C. The molecule has 0 bridgehead atoms. The maximum absolute atomic E-state index is 11.5. The highest BCUT2D eigenvalue weighted by Crippen LogP contribution is 2.19. The molecule has 17 heavy (non-hydrogen) atoms. The normalized spacial score (nSPS) is 11.0. The average molecular weight is 251 g/mol. The van der Waals surface area contributed by atoms with Crippen LogP contribution in [0.15, 0.2) is 17.0 Å². The van der Waals surface area contributed by atoms with Crippen molar-refractivity contribution in [2.24, 2.45) is 0 Å². The largest absolute Gasteiger partial charge is 0.459 e. The number of nitriles is 1. The van der Waals surface area contributed by atoms with E-state index in [2.05, 4.69) is 0 Å². The van der Waals surface area contributed by atoms with Crippen molar-refractivity contribution in [1.29, 1.82) is 5.26 Å². The summed E-state index contributed by atoms with van der Waals surface area (Å²) >= 11 is 1.48. The lowest BCUT2D eigenvalue weighted by atomic mass is 10.2. The van der Waals surface area contributed by atoms with Crippen LogP contribution in [0.4, 0.5) is 0 Å². The van der Waals surface area contributed by atoms with Gasteiger partial charge in [0.15, 0.2) is 0 Å². The van der Waals surface area contributed by atoms with Gasteiger partial charge in [-0.15, -0.1) is 11.3 Å². The third kappa shape index (κ3) is 4.02. The minimum absolute atomic E-state index is 0.00616. The van der Waals surface area contributed by atoms with Crippen LogP contribution in [0.3, 0.4) is 0 Å². The third-order valence-corrected chi connectivity index (χ3v) is 3.00. The van der Waals surface area contributed by atoms with Crippen molar-refractivity contribution in [3.05, 3.63) is 27.5 Å². The summed E-state index contributed by atoms with van der Waals surface area (Å²) in [5, 5.41) is 10.8. The number of nitrogens with zero attached hydrogens (tertiary/aromatic N) is 1. The maximum Gasteiger partial charge on any atom is 0.349 e. The second-order valence-electron chi connectivity index (χ2n) is 3.27. The Bertz CT molecular complexity index is 457. The van der Waals surface area contributed by atoms with Crippen LogP contribution >= 0.6 is 11.3 Å². The Labute approximate surface area is 104 Å². The molecule has 0 aliphatic carbocycles. The van der Waals surface area contributed by atoms with Crippen molar-refractivity contribution in [1.82, 2.24) is 0 Å². The number of hydrogen-bond acceptors (Lipinski definition) is 5. The molecule has 0 radical (unpaired) electrons. The smallest absolute Gasteiger partial charge is 0.349 e. The van der Waals surface area contributed by atoms with Gasteiger partial charge >= 0.3 is 5.97 Å². The molecule has 0 aliphatic rings. The van der Waals surface area contributed by atoms with Crippen LogP contribution in [0.1, 0.15) is 10.4 Å². The van der Waals surface area contributed by atoms with Crippen molar-refractivity contribution in [3.63, 3.8) is 0 Å². The van der Waals surface area contributed by atoms with Gasteiger partial charge < -0.3 is 9.47 Å². The highest BCUT2D eigenvalue weighted by Gasteiger charge is 2.11. The number of aryl methyl sites for hydroxylation is 1. The Morgan fingerprint density at radius 1 is 1.59 bits per heavy atom. The fraction of sp³-hybridized carbons (Fsp3) is 0.333. The quantitative estimate of drug-likeness (QED) is 0.348. The molecular formula is C12H13NO3S. The molecule has 1 aromatic heterocycles. The van der Waals surface area contributed by atoms with Gasteiger partial charge in [-0.2, -0.15) is 5.26 Å². The van der Waals surface area contributed by atoms with E-state index in [1.54, 1.807) is 6.08 Å². The molecule has 4 nitrogen and oxygen atoms in total. The van der Waals surface area contributed by atoms with Gasteiger partial charge in [0.1, 0.15) is 18.2 Å². The van der Waals surface area contributed by atoms with Crippen LogP contribution in [0.2, 0.25) is 0 Å². The Balaban J connectivity index is 2.72. The number of carbonyl (C=O) groups is 1. The predicted molar refractivity (Wildman–Crippen MR) is 65.5 cm³/mol. The molecule has 1 heterocycles. The molecule has 90 valence electrons. The lowest BCUT2D eigenvalue weighted by molar-refractivity contribution is -0.139. The molecule has 0 spiro atoms. The van der Waals surface area contributed by atoms with Crippen molar-refractivity contribution in [2.75, 3.05) is 20.3 Å². The first kappa shape index (κ1) is 13.4. The Kier molecular flexibility index (Phi) is 5.40. The molecule has 0 aliphatic heterocycles. The molecule has 0 unspecified atom stereocenters. The van der Waals surface area contributed by atoms with E-state index in [9.17, 15) is 4.79 Å². The molecule has 0 amide bonds. The second kappa shape index (κ2) is 6.84. The van der Waals surface area contributed by atoms with Crippen molar-refractivity contribution in [2.45, 2.75) is 6.92 Å². The fourth-order valence-corrected chi connectivity index (χ4v) is 1.95. The van der Waals surface area contributed by atoms with Crippen molar-refractivity contribution < 1.29 is 14.3 Å². The van der Waals surface area contributed by atoms with Crippen LogP contribution in [-0.4, -0.2) is 26.3 Å². The van der Waals surface area contributed by atoms with Gasteiger partial charge in [-0.25, -0.2) is 4.79 Å². The van der Waals surface area contributed by atoms with Crippen LogP contribution in [0, 0.1) is 18.3 Å². The lowest BCUT2D eigenvalue weighted by Gasteiger charge is -2.02. The van der Waals surface area contributed by atoms with Gasteiger partial charge in [0.2, 0.25) is 0 Å². The molecule has 1 rings (SSSR count). The first-order chi connectivity index (χ1) is 8.19. The monoisotopic (exact) mass is 251 g/mol. The second-order valence-corrected chi connectivity index (χ2v) is 4.21. The Hall–Kier alpha value is -1.64. The first-order valence-corrected chi connectivity index (χ1v) is 5.89. The van der Waals surface area contributed by atoms with E-state index in [4.69, 9.17) is 14.7 Å². The molecule has 0 aromatic carbocycles. The molecule has 0 saturated heterocycles. The van der Waals surface area contributed by atoms with E-state index in [0.717, 1.165) is 10.4 Å². The summed E-state index contributed by atoms with van der Waals surface area (Å²) in [6.07, 6.45) is 1.55. The Morgan fingerprint density at radius 3 is 2.88 bits per heavy atom. The number of rotatable bonds is 5. The zero-order valence-electron chi connectivity index (χ0n) is 9.73. The van der Waals surface area contributed by atoms with E-state index in [1.807, 2.05) is 24.4 Å². The van der Waals surface area contributed by atoms with E-state index in [1.165, 1.54) is 18.4 Å². The number of carbonyl (C=O) groups excluding carboxylic acids is 1. The summed E-state index contributed by atoms with van der Waals surface area (Å²) in [4.78, 5) is 12.4. The van der Waals surface area contributed by atoms with Gasteiger partial charge in [0, 0.05) is 12.0 Å². The minimum Gasteiger partial charge on any atom is -0.459 e. The molecule has 0 saturated carbocycles. The average Bonchev–Trinajstić information content (AvgIpc) is 2.72. The molecular weight excluding hydrogens is 238 g/mol. The number of thiophene rings is 1. The molecule has 0 atom stereocenters. The van der Waals surface area contributed by atoms with Crippen molar-refractivity contribution >= 4 is 23.4 Å². The predicted octanol–water partition coefficient (Wildman–Crippen LogP) is 2.15. The Morgan fingerprint density at radius 2 is 2.35 bits per heavy atom. The zero-order chi connectivity index (χ0) is 12.7. The number of esters is 1. The minimum atomic E-state index is -0.614. The molecule has 0 fully saturated rings. The van der Waals surface area contributed by atoms with E-state index >= 15 is 0 Å². The zero-order valence-corrected chi connectivity index (χ0v) is 10.5. The third-order valence-electron chi connectivity index (χ3n) is 2.04. The summed E-state index contributed by atoms with van der Waals surface area (Å²) in [6.45, 7) is 2.40. The van der Waals surface area contributed by atoms with Crippen LogP contribution in [-0.2, 0) is 14.3 Å². The molecule has 0 N–H and O–H groups in total. The van der Waals surface area contributed by atoms with Crippen LogP contribution in [0.5, 0.6) is 0 Å². The van der Waals surface area contributed by atoms with E-state index in [0.29, 0.717) is 6.61 Å². The fourth-order valence-electron chi connectivity index (χ4n) is 1.10. The number of ether oxygens (including phenoxy) is 2.